The molecule has 2 rings (SSSR count). The van der Waals surface area contributed by atoms with E-state index in [0.717, 1.165) is 5.56 Å². The molecule has 0 saturated carbocycles. The average molecular weight is 173 g/mol. The summed E-state index contributed by atoms with van der Waals surface area (Å²) in [5.41, 5.74) is 0.790. The third-order valence-electron chi connectivity index (χ3n) is 1.60. The van der Waals surface area contributed by atoms with E-state index in [4.69, 9.17) is 0 Å². The first kappa shape index (κ1) is 7.86. The van der Waals surface area contributed by atoms with E-state index >= 15 is 0 Å². The molecular formula is C10H6FN2. The number of nitrogens with zero attached hydrogens (tertiary/aromatic N) is 2. The van der Waals surface area contributed by atoms with Crippen molar-refractivity contribution in [1.82, 2.24) is 9.97 Å². The summed E-state index contributed by atoms with van der Waals surface area (Å²) in [5.74, 6) is -0.119. The fourth-order valence-corrected chi connectivity index (χ4v) is 1.01. The molecule has 1 aromatic carbocycles. The molecule has 0 aliphatic rings. The van der Waals surface area contributed by atoms with Crippen molar-refractivity contribution in [3.63, 3.8) is 0 Å². The molecule has 0 unspecified atom stereocenters. The van der Waals surface area contributed by atoms with Crippen LogP contribution >= 0.6 is 0 Å². The van der Waals surface area contributed by atoms with Crippen LogP contribution in [0.25, 0.3) is 11.4 Å². The highest BCUT2D eigenvalue weighted by molar-refractivity contribution is 5.53. The molecule has 0 spiro atoms. The molecule has 0 atom stereocenters. The number of aromatic nitrogens is 2. The van der Waals surface area contributed by atoms with Gasteiger partial charge in [-0.3, -0.25) is 0 Å². The summed E-state index contributed by atoms with van der Waals surface area (Å²) in [6.07, 6.45) is 1.40. The van der Waals surface area contributed by atoms with Gasteiger partial charge in [0.25, 0.3) is 0 Å². The highest BCUT2D eigenvalue weighted by atomic mass is 19.1. The van der Waals surface area contributed by atoms with Gasteiger partial charge in [-0.2, -0.15) is 9.37 Å². The number of rotatable bonds is 1. The van der Waals surface area contributed by atoms with Gasteiger partial charge in [0, 0.05) is 17.8 Å². The zero-order chi connectivity index (χ0) is 9.10. The molecule has 0 aliphatic heterocycles. The third-order valence-corrected chi connectivity index (χ3v) is 1.60. The number of benzene rings is 1. The van der Waals surface area contributed by atoms with Crippen LogP contribution in [0.3, 0.4) is 0 Å². The van der Waals surface area contributed by atoms with Crippen molar-refractivity contribution < 1.29 is 4.39 Å². The maximum atomic E-state index is 12.7. The van der Waals surface area contributed by atoms with Gasteiger partial charge in [-0.25, -0.2) is 4.98 Å². The Labute approximate surface area is 75.1 Å². The fraction of sp³-hybridized carbons (Fsp3) is 0. The number of halogens is 1. The van der Waals surface area contributed by atoms with Crippen LogP contribution in [0.4, 0.5) is 4.39 Å². The lowest BCUT2D eigenvalue weighted by atomic mass is 10.2. The second-order valence-corrected chi connectivity index (χ2v) is 2.49. The third kappa shape index (κ3) is 1.69. The van der Waals surface area contributed by atoms with Crippen LogP contribution in [-0.4, -0.2) is 9.97 Å². The first-order valence-electron chi connectivity index (χ1n) is 3.81. The molecule has 1 radical (unpaired) electrons. The molecule has 0 N–H and O–H groups in total. The van der Waals surface area contributed by atoms with Gasteiger partial charge in [-0.1, -0.05) is 24.3 Å². The van der Waals surface area contributed by atoms with Crippen molar-refractivity contribution in [3.05, 3.63) is 48.5 Å². The predicted molar refractivity (Wildman–Crippen MR) is 46.3 cm³/mol. The largest absolute Gasteiger partial charge is 0.236 e. The second kappa shape index (κ2) is 3.31. The van der Waals surface area contributed by atoms with Gasteiger partial charge in [0.15, 0.2) is 5.82 Å². The molecule has 0 amide bonds. The van der Waals surface area contributed by atoms with Gasteiger partial charge in [0.1, 0.15) is 0 Å². The molecule has 2 nitrogen and oxygen atoms in total. The highest BCUT2D eigenvalue weighted by Gasteiger charge is 1.99. The second-order valence-electron chi connectivity index (χ2n) is 2.49. The molecule has 1 aromatic heterocycles. The lowest BCUT2D eigenvalue weighted by Gasteiger charge is -1.97. The summed E-state index contributed by atoms with van der Waals surface area (Å²) in [5, 5.41) is 0. The SMILES string of the molecule is Fc1ccnc(-c2cc[c]cc2)n1. The molecule has 0 bridgehead atoms. The van der Waals surface area contributed by atoms with Gasteiger partial charge >= 0.3 is 0 Å². The minimum atomic E-state index is -0.516. The van der Waals surface area contributed by atoms with Crippen molar-refractivity contribution in [2.45, 2.75) is 0 Å². The molecule has 0 fully saturated rings. The Bertz CT molecular complexity index is 401. The lowest BCUT2D eigenvalue weighted by molar-refractivity contribution is 0.581. The molecule has 0 saturated heterocycles. The van der Waals surface area contributed by atoms with E-state index in [1.54, 1.807) is 24.3 Å². The average Bonchev–Trinajstić information content (AvgIpc) is 2.19. The van der Waals surface area contributed by atoms with Crippen LogP contribution in [0.15, 0.2) is 36.5 Å². The molecule has 3 heteroatoms. The van der Waals surface area contributed by atoms with Crippen LogP contribution in [-0.2, 0) is 0 Å². The summed E-state index contributed by atoms with van der Waals surface area (Å²) in [4.78, 5) is 7.60. The first-order chi connectivity index (χ1) is 6.36. The smallest absolute Gasteiger partial charge is 0.216 e. The zero-order valence-electron chi connectivity index (χ0n) is 6.74. The Morgan fingerprint density at radius 3 is 2.62 bits per heavy atom. The van der Waals surface area contributed by atoms with Crippen molar-refractivity contribution in [1.29, 1.82) is 0 Å². The topological polar surface area (TPSA) is 25.8 Å². The van der Waals surface area contributed by atoms with Gasteiger partial charge in [0.05, 0.1) is 0 Å². The Balaban J connectivity index is 2.48. The maximum absolute atomic E-state index is 12.7. The molecule has 63 valence electrons. The van der Waals surface area contributed by atoms with Gasteiger partial charge in [0.2, 0.25) is 5.95 Å². The van der Waals surface area contributed by atoms with E-state index < -0.39 is 5.95 Å². The first-order valence-corrected chi connectivity index (χ1v) is 3.81. The monoisotopic (exact) mass is 173 g/mol. The van der Waals surface area contributed by atoms with Crippen LogP contribution in [0, 0.1) is 12.0 Å². The molecule has 0 aliphatic carbocycles. The normalized spacial score (nSPS) is 9.92. The quantitative estimate of drug-likeness (QED) is 0.617. The number of hydrogen-bond donors (Lipinski definition) is 0. The Morgan fingerprint density at radius 2 is 1.92 bits per heavy atom. The van der Waals surface area contributed by atoms with Crippen molar-refractivity contribution >= 4 is 0 Å². The Hall–Kier alpha value is -1.77. The van der Waals surface area contributed by atoms with Crippen LogP contribution in [0.1, 0.15) is 0 Å². The van der Waals surface area contributed by atoms with E-state index in [2.05, 4.69) is 16.0 Å². The summed E-state index contributed by atoms with van der Waals surface area (Å²) in [6, 6.07) is 11.1. The summed E-state index contributed by atoms with van der Waals surface area (Å²) >= 11 is 0. The summed E-state index contributed by atoms with van der Waals surface area (Å²) < 4.78 is 12.7. The Morgan fingerprint density at radius 1 is 1.15 bits per heavy atom. The van der Waals surface area contributed by atoms with Crippen LogP contribution in [0.2, 0.25) is 0 Å². The van der Waals surface area contributed by atoms with E-state index in [1.807, 2.05) is 0 Å². The number of hydrogen-bond acceptors (Lipinski definition) is 2. The van der Waals surface area contributed by atoms with Crippen LogP contribution in [0.5, 0.6) is 0 Å². The maximum Gasteiger partial charge on any atom is 0.216 e. The molecule has 13 heavy (non-hydrogen) atoms. The summed E-state index contributed by atoms with van der Waals surface area (Å²) in [6.45, 7) is 0. The highest BCUT2D eigenvalue weighted by Crippen LogP contribution is 2.12. The summed E-state index contributed by atoms with van der Waals surface area (Å²) in [7, 11) is 0. The predicted octanol–water partition coefficient (Wildman–Crippen LogP) is 2.08. The minimum Gasteiger partial charge on any atom is -0.236 e. The van der Waals surface area contributed by atoms with E-state index in [9.17, 15) is 4.39 Å². The fourth-order valence-electron chi connectivity index (χ4n) is 1.01. The minimum absolute atomic E-state index is 0.397. The lowest BCUT2D eigenvalue weighted by Crippen LogP contribution is -1.90. The Kier molecular flexibility index (Phi) is 2.00. The van der Waals surface area contributed by atoms with Gasteiger partial charge in [-0.05, 0) is 6.07 Å². The standard InChI is InChI=1S/C10H6FN2/c11-9-6-7-12-10(13-9)8-4-2-1-3-5-8/h2-7H. The van der Waals surface area contributed by atoms with Crippen molar-refractivity contribution in [2.75, 3.05) is 0 Å². The molecule has 2 aromatic rings. The van der Waals surface area contributed by atoms with Crippen molar-refractivity contribution in [3.8, 4) is 11.4 Å². The zero-order valence-corrected chi connectivity index (χ0v) is 6.74. The van der Waals surface area contributed by atoms with Gasteiger partial charge in [-0.15, -0.1) is 0 Å². The van der Waals surface area contributed by atoms with E-state index in [0.29, 0.717) is 5.82 Å². The van der Waals surface area contributed by atoms with Crippen LogP contribution < -0.4 is 0 Å². The van der Waals surface area contributed by atoms with Gasteiger partial charge < -0.3 is 0 Å². The van der Waals surface area contributed by atoms with E-state index in [-0.39, 0.29) is 0 Å². The van der Waals surface area contributed by atoms with E-state index in [1.165, 1.54) is 12.3 Å². The molecule has 1 heterocycles. The molecular weight excluding hydrogens is 167 g/mol. The van der Waals surface area contributed by atoms with Crippen molar-refractivity contribution in [2.24, 2.45) is 0 Å².